The van der Waals surface area contributed by atoms with Crippen LogP contribution in [-0.4, -0.2) is 0 Å². The fourth-order valence-corrected chi connectivity index (χ4v) is 1.24. The molecular weight excluding hydrogens is 180 g/mol. The first kappa shape index (κ1) is 14.2. The number of hydrogen-bond acceptors (Lipinski definition) is 0. The van der Waals surface area contributed by atoms with Crippen molar-refractivity contribution in [1.82, 2.24) is 0 Å². The molecule has 1 aromatic carbocycles. The van der Waals surface area contributed by atoms with E-state index in [4.69, 9.17) is 0 Å². The molecule has 1 rings (SSSR count). The van der Waals surface area contributed by atoms with E-state index in [1.165, 1.54) is 17.5 Å². The molecule has 0 saturated heterocycles. The fourth-order valence-electron chi connectivity index (χ4n) is 1.24. The molecule has 0 aromatic heterocycles. The Balaban J connectivity index is 0.000000583. The van der Waals surface area contributed by atoms with Gasteiger partial charge in [-0.2, -0.15) is 0 Å². The van der Waals surface area contributed by atoms with E-state index in [-0.39, 0.29) is 5.41 Å². The predicted octanol–water partition coefficient (Wildman–Crippen LogP) is 4.96. The van der Waals surface area contributed by atoms with E-state index in [0.29, 0.717) is 0 Å². The van der Waals surface area contributed by atoms with Gasteiger partial charge in [0.2, 0.25) is 0 Å². The van der Waals surface area contributed by atoms with Crippen molar-refractivity contribution in [3.05, 3.63) is 35.4 Å². The van der Waals surface area contributed by atoms with Gasteiger partial charge in [0.1, 0.15) is 0 Å². The first-order chi connectivity index (χ1) is 6.95. The lowest BCUT2D eigenvalue weighted by Gasteiger charge is -2.18. The summed E-state index contributed by atoms with van der Waals surface area (Å²) < 4.78 is 0. The highest BCUT2D eigenvalue weighted by atomic mass is 14.2. The van der Waals surface area contributed by atoms with E-state index in [1.54, 1.807) is 0 Å². The van der Waals surface area contributed by atoms with Crippen LogP contribution >= 0.6 is 0 Å². The first-order valence-electron chi connectivity index (χ1n) is 6.05. The topological polar surface area (TPSA) is 0 Å². The lowest BCUT2D eigenvalue weighted by molar-refractivity contribution is 0.590. The van der Waals surface area contributed by atoms with Crippen LogP contribution in [0.25, 0.3) is 0 Å². The van der Waals surface area contributed by atoms with Gasteiger partial charge in [0.05, 0.1) is 0 Å². The van der Waals surface area contributed by atoms with E-state index in [1.807, 2.05) is 0 Å². The van der Waals surface area contributed by atoms with Crippen LogP contribution in [0.1, 0.15) is 59.1 Å². The van der Waals surface area contributed by atoms with Gasteiger partial charge in [-0.25, -0.2) is 0 Å². The number of hydrogen-bond donors (Lipinski definition) is 0. The number of aryl methyl sites for hydroxylation is 1. The van der Waals surface area contributed by atoms with E-state index >= 15 is 0 Å². The Bertz CT molecular complexity index is 248. The van der Waals surface area contributed by atoms with Gasteiger partial charge in [-0.15, -0.1) is 0 Å². The molecule has 0 N–H and O–H groups in total. The molecule has 0 aliphatic carbocycles. The minimum atomic E-state index is 0.284. The molecule has 0 bridgehead atoms. The second-order valence-electron chi connectivity index (χ2n) is 5.01. The summed E-state index contributed by atoms with van der Waals surface area (Å²) in [5, 5.41) is 0. The third kappa shape index (κ3) is 5.61. The lowest BCUT2D eigenvalue weighted by atomic mass is 9.86. The van der Waals surface area contributed by atoms with Gasteiger partial charge in [-0.3, -0.25) is 0 Å². The van der Waals surface area contributed by atoms with Crippen molar-refractivity contribution >= 4 is 0 Å². The van der Waals surface area contributed by atoms with Crippen LogP contribution < -0.4 is 0 Å². The third-order valence-corrected chi connectivity index (χ3v) is 2.23. The van der Waals surface area contributed by atoms with Crippen LogP contribution in [0.2, 0.25) is 0 Å². The summed E-state index contributed by atoms with van der Waals surface area (Å²) in [5.41, 5.74) is 3.12. The van der Waals surface area contributed by atoms with Gasteiger partial charge >= 0.3 is 0 Å². The van der Waals surface area contributed by atoms with Crippen molar-refractivity contribution in [2.45, 2.75) is 59.8 Å². The van der Waals surface area contributed by atoms with Gasteiger partial charge in [0.15, 0.2) is 0 Å². The lowest BCUT2D eigenvalue weighted by Crippen LogP contribution is -2.10. The second-order valence-corrected chi connectivity index (χ2v) is 5.01. The molecule has 0 saturated carbocycles. The maximum Gasteiger partial charge on any atom is -0.0132 e. The van der Waals surface area contributed by atoms with Crippen LogP contribution in [0.5, 0.6) is 0 Å². The van der Waals surface area contributed by atoms with Gasteiger partial charge in [-0.05, 0) is 23.0 Å². The van der Waals surface area contributed by atoms with Gasteiger partial charge < -0.3 is 0 Å². The average Bonchev–Trinajstić information content (AvgIpc) is 2.18. The van der Waals surface area contributed by atoms with Crippen molar-refractivity contribution in [2.75, 3.05) is 0 Å². The molecule has 0 radical (unpaired) electrons. The molecule has 0 fully saturated rings. The average molecular weight is 206 g/mol. The maximum atomic E-state index is 2.24. The van der Waals surface area contributed by atoms with Gasteiger partial charge in [0.25, 0.3) is 0 Å². The largest absolute Gasteiger partial charge is 0.0656 e. The number of benzene rings is 1. The Morgan fingerprint density at radius 1 is 0.867 bits per heavy atom. The molecule has 0 aliphatic heterocycles. The van der Waals surface area contributed by atoms with Crippen molar-refractivity contribution in [3.63, 3.8) is 0 Å². The Kier molecular flexibility index (Phi) is 6.31. The van der Waals surface area contributed by atoms with Crippen LogP contribution in [0.4, 0.5) is 0 Å². The van der Waals surface area contributed by atoms with Crippen LogP contribution in [-0.2, 0) is 11.8 Å². The van der Waals surface area contributed by atoms with Gasteiger partial charge in [-0.1, -0.05) is 72.2 Å². The second kappa shape index (κ2) is 6.66. The quantitative estimate of drug-likeness (QED) is 0.609. The molecule has 15 heavy (non-hydrogen) atoms. The van der Waals surface area contributed by atoms with Crippen molar-refractivity contribution in [3.8, 4) is 0 Å². The molecule has 1 aromatic rings. The van der Waals surface area contributed by atoms with Crippen molar-refractivity contribution < 1.29 is 0 Å². The van der Waals surface area contributed by atoms with E-state index in [9.17, 15) is 0 Å². The smallest absolute Gasteiger partial charge is 0.0132 e. The van der Waals surface area contributed by atoms with Gasteiger partial charge in [0, 0.05) is 0 Å². The molecule has 0 nitrogen and oxygen atoms in total. The zero-order valence-electron chi connectivity index (χ0n) is 11.2. The van der Waals surface area contributed by atoms with Crippen molar-refractivity contribution in [2.24, 2.45) is 0 Å². The minimum absolute atomic E-state index is 0.284. The summed E-state index contributed by atoms with van der Waals surface area (Å²) in [7, 11) is 0. The Labute approximate surface area is 95.7 Å². The van der Waals surface area contributed by atoms with Crippen molar-refractivity contribution in [1.29, 1.82) is 0 Å². The summed E-state index contributed by atoms with van der Waals surface area (Å²) in [6.07, 6.45) is 2.38. The highest BCUT2D eigenvalue weighted by Crippen LogP contribution is 2.22. The first-order valence-corrected chi connectivity index (χ1v) is 6.05. The predicted molar refractivity (Wildman–Crippen MR) is 70.5 cm³/mol. The third-order valence-electron chi connectivity index (χ3n) is 2.23. The molecule has 0 heteroatoms. The fraction of sp³-hybridized carbons (Fsp3) is 0.600. The van der Waals surface area contributed by atoms with Crippen LogP contribution in [0, 0.1) is 0 Å². The zero-order chi connectivity index (χ0) is 11.9. The molecular formula is C15H26. The molecule has 0 amide bonds. The van der Waals surface area contributed by atoms with E-state index in [2.05, 4.69) is 65.8 Å². The summed E-state index contributed by atoms with van der Waals surface area (Å²) in [6, 6.07) is 8.92. The molecule has 0 unspecified atom stereocenters. The SMILES string of the molecule is CCC.CCc1ccc(C(C)(C)C)cc1. The zero-order valence-corrected chi connectivity index (χ0v) is 11.2. The monoisotopic (exact) mass is 206 g/mol. The maximum absolute atomic E-state index is 2.24. The summed E-state index contributed by atoms with van der Waals surface area (Å²) in [4.78, 5) is 0. The highest BCUT2D eigenvalue weighted by Gasteiger charge is 2.12. The molecule has 0 heterocycles. The molecule has 0 aliphatic rings. The number of rotatable bonds is 1. The summed E-state index contributed by atoms with van der Waals surface area (Å²) >= 11 is 0. The highest BCUT2D eigenvalue weighted by molar-refractivity contribution is 5.27. The van der Waals surface area contributed by atoms with Crippen LogP contribution in [0.15, 0.2) is 24.3 Å². The molecule has 0 spiro atoms. The summed E-state index contributed by atoms with van der Waals surface area (Å²) in [5.74, 6) is 0. The van der Waals surface area contributed by atoms with E-state index in [0.717, 1.165) is 6.42 Å². The molecule has 86 valence electrons. The standard InChI is InChI=1S/C12H18.C3H8/c1-5-10-6-8-11(9-7-10)12(2,3)4;1-3-2/h6-9H,5H2,1-4H3;3H2,1-2H3. The summed E-state index contributed by atoms with van der Waals surface area (Å²) in [6.45, 7) is 13.2. The van der Waals surface area contributed by atoms with Crippen LogP contribution in [0.3, 0.4) is 0 Å². The Hall–Kier alpha value is -0.780. The van der Waals surface area contributed by atoms with E-state index < -0.39 is 0 Å². The normalized spacial score (nSPS) is 10.5. The Morgan fingerprint density at radius 2 is 1.27 bits per heavy atom. The Morgan fingerprint density at radius 3 is 1.53 bits per heavy atom. The minimum Gasteiger partial charge on any atom is -0.0656 e. The molecule has 0 atom stereocenters.